The standard InChI is InChI=1S/C14H20O2/c1-10-8-13(11(2)15)6-7-14(10)16-9-12-4-3-5-12/h6-8,11-12,15H,3-5,9H2,1-2H3/t11-/m0/s1. The molecule has 2 heteroatoms. The number of aryl methyl sites for hydroxylation is 1. The van der Waals surface area contributed by atoms with E-state index in [9.17, 15) is 5.11 Å². The maximum Gasteiger partial charge on any atom is 0.122 e. The maximum absolute atomic E-state index is 9.46. The zero-order chi connectivity index (χ0) is 11.5. The highest BCUT2D eigenvalue weighted by Crippen LogP contribution is 2.28. The summed E-state index contributed by atoms with van der Waals surface area (Å²) in [5.74, 6) is 1.71. The number of hydrogen-bond donors (Lipinski definition) is 1. The van der Waals surface area contributed by atoms with Gasteiger partial charge in [0.2, 0.25) is 0 Å². The van der Waals surface area contributed by atoms with Gasteiger partial charge >= 0.3 is 0 Å². The minimum absolute atomic E-state index is 0.403. The van der Waals surface area contributed by atoms with Crippen LogP contribution in [0.4, 0.5) is 0 Å². The lowest BCUT2D eigenvalue weighted by atomic mass is 9.86. The molecule has 1 saturated carbocycles. The van der Waals surface area contributed by atoms with Crippen molar-refractivity contribution in [2.24, 2.45) is 5.92 Å². The molecule has 2 rings (SSSR count). The van der Waals surface area contributed by atoms with Crippen LogP contribution in [0.15, 0.2) is 18.2 Å². The number of aliphatic hydroxyl groups excluding tert-OH is 1. The van der Waals surface area contributed by atoms with Crippen LogP contribution in [0.2, 0.25) is 0 Å². The molecule has 0 spiro atoms. The summed E-state index contributed by atoms with van der Waals surface area (Å²) in [6.07, 6.45) is 3.57. The molecule has 0 aliphatic heterocycles. The molecule has 1 N–H and O–H groups in total. The minimum Gasteiger partial charge on any atom is -0.493 e. The molecule has 0 radical (unpaired) electrons. The van der Waals surface area contributed by atoms with Gasteiger partial charge in [0.25, 0.3) is 0 Å². The number of hydrogen-bond acceptors (Lipinski definition) is 2. The van der Waals surface area contributed by atoms with Crippen LogP contribution in [0.25, 0.3) is 0 Å². The molecule has 1 fully saturated rings. The van der Waals surface area contributed by atoms with E-state index in [4.69, 9.17) is 4.74 Å². The Morgan fingerprint density at radius 3 is 2.69 bits per heavy atom. The van der Waals surface area contributed by atoms with Crippen LogP contribution in [0.5, 0.6) is 5.75 Å². The molecular weight excluding hydrogens is 200 g/mol. The quantitative estimate of drug-likeness (QED) is 0.844. The summed E-state index contributed by atoms with van der Waals surface area (Å²) >= 11 is 0. The Morgan fingerprint density at radius 2 is 2.19 bits per heavy atom. The second-order valence-corrected chi connectivity index (χ2v) is 4.81. The molecule has 1 aliphatic carbocycles. The first kappa shape index (κ1) is 11.5. The first-order chi connectivity index (χ1) is 7.66. The van der Waals surface area contributed by atoms with E-state index in [0.29, 0.717) is 0 Å². The van der Waals surface area contributed by atoms with E-state index in [1.54, 1.807) is 6.92 Å². The summed E-state index contributed by atoms with van der Waals surface area (Å²) in [5, 5.41) is 9.46. The average Bonchev–Trinajstić information content (AvgIpc) is 2.17. The Hall–Kier alpha value is -1.02. The monoisotopic (exact) mass is 220 g/mol. The molecule has 0 bridgehead atoms. The maximum atomic E-state index is 9.46. The number of benzene rings is 1. The van der Waals surface area contributed by atoms with Crippen molar-refractivity contribution >= 4 is 0 Å². The smallest absolute Gasteiger partial charge is 0.122 e. The molecule has 0 unspecified atom stereocenters. The van der Waals surface area contributed by atoms with Gasteiger partial charge in [-0.3, -0.25) is 0 Å². The van der Waals surface area contributed by atoms with E-state index in [0.717, 1.165) is 29.4 Å². The van der Waals surface area contributed by atoms with Crippen molar-refractivity contribution in [3.05, 3.63) is 29.3 Å². The predicted molar refractivity (Wildman–Crippen MR) is 64.6 cm³/mol. The molecule has 16 heavy (non-hydrogen) atoms. The van der Waals surface area contributed by atoms with Crippen molar-refractivity contribution in [2.45, 2.75) is 39.2 Å². The Bertz CT molecular complexity index is 354. The molecule has 0 saturated heterocycles. The van der Waals surface area contributed by atoms with Gasteiger partial charge < -0.3 is 9.84 Å². The zero-order valence-electron chi connectivity index (χ0n) is 10.1. The van der Waals surface area contributed by atoms with Gasteiger partial charge in [-0.2, -0.15) is 0 Å². The van der Waals surface area contributed by atoms with E-state index < -0.39 is 6.10 Å². The average molecular weight is 220 g/mol. The Balaban J connectivity index is 1.98. The van der Waals surface area contributed by atoms with Crippen LogP contribution in [-0.4, -0.2) is 11.7 Å². The SMILES string of the molecule is Cc1cc([C@H](C)O)ccc1OCC1CCC1. The lowest BCUT2D eigenvalue weighted by Gasteiger charge is -2.25. The number of rotatable bonds is 4. The topological polar surface area (TPSA) is 29.5 Å². The Kier molecular flexibility index (Phi) is 3.49. The molecule has 0 heterocycles. The fourth-order valence-electron chi connectivity index (χ4n) is 1.96. The summed E-state index contributed by atoms with van der Waals surface area (Å²) in [7, 11) is 0. The molecule has 0 amide bonds. The fourth-order valence-corrected chi connectivity index (χ4v) is 1.96. The third-order valence-corrected chi connectivity index (χ3v) is 3.38. The normalized spacial score (nSPS) is 17.9. The highest BCUT2D eigenvalue weighted by molar-refractivity contribution is 5.36. The van der Waals surface area contributed by atoms with Gasteiger partial charge in [0.15, 0.2) is 0 Å². The van der Waals surface area contributed by atoms with Crippen LogP contribution in [0.1, 0.15) is 43.4 Å². The fraction of sp³-hybridized carbons (Fsp3) is 0.571. The summed E-state index contributed by atoms with van der Waals surface area (Å²) in [6.45, 7) is 4.65. The van der Waals surface area contributed by atoms with E-state index in [-0.39, 0.29) is 0 Å². The summed E-state index contributed by atoms with van der Waals surface area (Å²) in [4.78, 5) is 0. The van der Waals surface area contributed by atoms with Gasteiger partial charge in [0.05, 0.1) is 12.7 Å². The first-order valence-corrected chi connectivity index (χ1v) is 6.08. The molecule has 1 aliphatic rings. The molecule has 1 aromatic carbocycles. The van der Waals surface area contributed by atoms with Gasteiger partial charge in [-0.15, -0.1) is 0 Å². The van der Waals surface area contributed by atoms with Crippen molar-refractivity contribution in [1.29, 1.82) is 0 Å². The predicted octanol–water partition coefficient (Wildman–Crippen LogP) is 3.23. The third kappa shape index (κ3) is 2.56. The Morgan fingerprint density at radius 1 is 1.44 bits per heavy atom. The van der Waals surface area contributed by atoms with E-state index in [2.05, 4.69) is 0 Å². The van der Waals surface area contributed by atoms with Crippen LogP contribution < -0.4 is 4.74 Å². The van der Waals surface area contributed by atoms with Crippen molar-refractivity contribution in [3.63, 3.8) is 0 Å². The van der Waals surface area contributed by atoms with Crippen LogP contribution in [0, 0.1) is 12.8 Å². The Labute approximate surface area is 97.3 Å². The van der Waals surface area contributed by atoms with Crippen LogP contribution in [0.3, 0.4) is 0 Å². The second kappa shape index (κ2) is 4.88. The molecule has 88 valence electrons. The number of aliphatic hydroxyl groups is 1. The highest BCUT2D eigenvalue weighted by Gasteiger charge is 2.18. The van der Waals surface area contributed by atoms with Gasteiger partial charge in [-0.25, -0.2) is 0 Å². The molecule has 0 aromatic heterocycles. The zero-order valence-corrected chi connectivity index (χ0v) is 10.1. The first-order valence-electron chi connectivity index (χ1n) is 6.08. The summed E-state index contributed by atoms with van der Waals surface area (Å²) in [6, 6.07) is 5.91. The van der Waals surface area contributed by atoms with Crippen molar-refractivity contribution in [1.82, 2.24) is 0 Å². The largest absolute Gasteiger partial charge is 0.493 e. The molecule has 1 aromatic rings. The lowest BCUT2D eigenvalue weighted by molar-refractivity contribution is 0.179. The molecule has 2 nitrogen and oxygen atoms in total. The molecule has 1 atom stereocenters. The molecular formula is C14H20O2. The van der Waals surface area contributed by atoms with Crippen molar-refractivity contribution in [2.75, 3.05) is 6.61 Å². The van der Waals surface area contributed by atoms with Gasteiger partial charge in [-0.1, -0.05) is 12.5 Å². The van der Waals surface area contributed by atoms with E-state index >= 15 is 0 Å². The van der Waals surface area contributed by atoms with Crippen LogP contribution in [-0.2, 0) is 0 Å². The third-order valence-electron chi connectivity index (χ3n) is 3.38. The second-order valence-electron chi connectivity index (χ2n) is 4.81. The van der Waals surface area contributed by atoms with Crippen molar-refractivity contribution in [3.8, 4) is 5.75 Å². The summed E-state index contributed by atoms with van der Waals surface area (Å²) in [5.41, 5.74) is 2.06. The minimum atomic E-state index is -0.403. The van der Waals surface area contributed by atoms with E-state index in [1.807, 2.05) is 25.1 Å². The van der Waals surface area contributed by atoms with E-state index in [1.165, 1.54) is 19.3 Å². The van der Waals surface area contributed by atoms with Gasteiger partial charge in [0.1, 0.15) is 5.75 Å². The number of ether oxygens (including phenoxy) is 1. The lowest BCUT2D eigenvalue weighted by Crippen LogP contribution is -2.19. The van der Waals surface area contributed by atoms with Crippen LogP contribution >= 0.6 is 0 Å². The summed E-state index contributed by atoms with van der Waals surface area (Å²) < 4.78 is 5.79. The highest BCUT2D eigenvalue weighted by atomic mass is 16.5. The van der Waals surface area contributed by atoms with Gasteiger partial charge in [-0.05, 0) is 55.9 Å². The van der Waals surface area contributed by atoms with Gasteiger partial charge in [0, 0.05) is 0 Å². The van der Waals surface area contributed by atoms with Crippen molar-refractivity contribution < 1.29 is 9.84 Å².